The van der Waals surface area contributed by atoms with Crippen LogP contribution >= 0.6 is 0 Å². The standard InChI is InChI=1S/C12H14N2O/c1-3-9-4-6-10(7-5-9)11-8(2)12(13)15-14-11/h4-7H,3,13H2,1-2H3. The second kappa shape index (κ2) is 3.77. The van der Waals surface area contributed by atoms with Gasteiger partial charge in [0, 0.05) is 11.1 Å². The molecule has 3 heteroatoms. The van der Waals surface area contributed by atoms with Crippen LogP contribution in [-0.4, -0.2) is 5.16 Å². The zero-order valence-corrected chi connectivity index (χ0v) is 8.95. The highest BCUT2D eigenvalue weighted by Crippen LogP contribution is 2.26. The lowest BCUT2D eigenvalue weighted by atomic mass is 10.1. The van der Waals surface area contributed by atoms with E-state index < -0.39 is 0 Å². The van der Waals surface area contributed by atoms with Crippen molar-refractivity contribution in [3.63, 3.8) is 0 Å². The van der Waals surface area contributed by atoms with Crippen LogP contribution in [0, 0.1) is 6.92 Å². The SMILES string of the molecule is CCc1ccc(-c2noc(N)c2C)cc1. The quantitative estimate of drug-likeness (QED) is 0.814. The maximum atomic E-state index is 5.60. The van der Waals surface area contributed by atoms with E-state index in [2.05, 4.69) is 24.2 Å². The number of benzene rings is 1. The third kappa shape index (κ3) is 1.73. The van der Waals surface area contributed by atoms with Gasteiger partial charge in [0.25, 0.3) is 0 Å². The summed E-state index contributed by atoms with van der Waals surface area (Å²) < 4.78 is 4.93. The van der Waals surface area contributed by atoms with Crippen molar-refractivity contribution >= 4 is 5.88 Å². The van der Waals surface area contributed by atoms with Gasteiger partial charge >= 0.3 is 0 Å². The Morgan fingerprint density at radius 3 is 2.40 bits per heavy atom. The molecule has 15 heavy (non-hydrogen) atoms. The molecule has 0 unspecified atom stereocenters. The van der Waals surface area contributed by atoms with Crippen LogP contribution in [0.2, 0.25) is 0 Å². The molecule has 0 atom stereocenters. The molecule has 2 rings (SSSR count). The van der Waals surface area contributed by atoms with Crippen molar-refractivity contribution in [1.29, 1.82) is 0 Å². The zero-order chi connectivity index (χ0) is 10.8. The van der Waals surface area contributed by atoms with Gasteiger partial charge in [0.15, 0.2) is 0 Å². The first kappa shape index (κ1) is 9.77. The number of nitrogens with zero attached hydrogens (tertiary/aromatic N) is 1. The summed E-state index contributed by atoms with van der Waals surface area (Å²) in [5.41, 5.74) is 9.70. The Morgan fingerprint density at radius 2 is 1.93 bits per heavy atom. The minimum atomic E-state index is 0.393. The minimum Gasteiger partial charge on any atom is -0.367 e. The van der Waals surface area contributed by atoms with E-state index in [1.165, 1.54) is 5.56 Å². The molecular formula is C12H14N2O. The molecule has 0 amide bonds. The number of nitrogen functional groups attached to an aromatic ring is 1. The van der Waals surface area contributed by atoms with Crippen molar-refractivity contribution in [1.82, 2.24) is 5.16 Å². The first-order valence-electron chi connectivity index (χ1n) is 5.03. The molecule has 0 saturated carbocycles. The molecule has 0 radical (unpaired) electrons. The summed E-state index contributed by atoms with van der Waals surface area (Å²) >= 11 is 0. The van der Waals surface area contributed by atoms with Crippen LogP contribution in [0.4, 0.5) is 5.88 Å². The minimum absolute atomic E-state index is 0.393. The molecule has 2 N–H and O–H groups in total. The number of hydrogen-bond donors (Lipinski definition) is 1. The first-order chi connectivity index (χ1) is 7.22. The molecule has 1 heterocycles. The number of aromatic nitrogens is 1. The average Bonchev–Trinajstić information content (AvgIpc) is 2.60. The van der Waals surface area contributed by atoms with Gasteiger partial charge in [-0.25, -0.2) is 0 Å². The second-order valence-corrected chi connectivity index (χ2v) is 3.57. The maximum Gasteiger partial charge on any atom is 0.225 e. The Morgan fingerprint density at radius 1 is 1.27 bits per heavy atom. The summed E-state index contributed by atoms with van der Waals surface area (Å²) in [6, 6.07) is 8.28. The van der Waals surface area contributed by atoms with Gasteiger partial charge in [-0.2, -0.15) is 0 Å². The largest absolute Gasteiger partial charge is 0.367 e. The van der Waals surface area contributed by atoms with Crippen molar-refractivity contribution < 1.29 is 4.52 Å². The molecule has 0 aliphatic carbocycles. The Bertz CT molecular complexity index is 457. The topological polar surface area (TPSA) is 52.0 Å². The average molecular weight is 202 g/mol. The van der Waals surface area contributed by atoms with Crippen molar-refractivity contribution in [3.8, 4) is 11.3 Å². The highest BCUT2D eigenvalue weighted by atomic mass is 16.5. The summed E-state index contributed by atoms with van der Waals surface area (Å²) in [6.45, 7) is 4.04. The molecule has 0 aliphatic rings. The number of anilines is 1. The lowest BCUT2D eigenvalue weighted by Gasteiger charge is -1.99. The summed E-state index contributed by atoms with van der Waals surface area (Å²) in [5, 5.41) is 3.94. The predicted molar refractivity (Wildman–Crippen MR) is 60.5 cm³/mol. The molecule has 1 aromatic carbocycles. The van der Waals surface area contributed by atoms with Crippen LogP contribution < -0.4 is 5.73 Å². The smallest absolute Gasteiger partial charge is 0.225 e. The lowest BCUT2D eigenvalue weighted by molar-refractivity contribution is 0.439. The zero-order valence-electron chi connectivity index (χ0n) is 8.95. The molecule has 1 aromatic heterocycles. The number of aryl methyl sites for hydroxylation is 1. The molecule has 0 fully saturated rings. The van der Waals surface area contributed by atoms with E-state index in [0.717, 1.165) is 23.2 Å². The van der Waals surface area contributed by atoms with Crippen molar-refractivity contribution in [2.24, 2.45) is 0 Å². The third-order valence-electron chi connectivity index (χ3n) is 2.60. The van der Waals surface area contributed by atoms with E-state index in [1.807, 2.05) is 19.1 Å². The molecule has 0 bridgehead atoms. The van der Waals surface area contributed by atoms with Gasteiger partial charge in [-0.1, -0.05) is 36.3 Å². The Balaban J connectivity index is 2.41. The van der Waals surface area contributed by atoms with Crippen LogP contribution in [-0.2, 0) is 6.42 Å². The van der Waals surface area contributed by atoms with Gasteiger partial charge in [0.05, 0.1) is 0 Å². The fraction of sp³-hybridized carbons (Fsp3) is 0.250. The van der Waals surface area contributed by atoms with Crippen LogP contribution in [0.5, 0.6) is 0 Å². The molecule has 0 saturated heterocycles. The molecular weight excluding hydrogens is 188 g/mol. The van der Waals surface area contributed by atoms with Crippen molar-refractivity contribution in [3.05, 3.63) is 35.4 Å². The van der Waals surface area contributed by atoms with Gasteiger partial charge in [0.1, 0.15) is 5.69 Å². The molecule has 0 spiro atoms. The van der Waals surface area contributed by atoms with Crippen molar-refractivity contribution in [2.75, 3.05) is 5.73 Å². The number of rotatable bonds is 2. The monoisotopic (exact) mass is 202 g/mol. The fourth-order valence-corrected chi connectivity index (χ4v) is 1.52. The number of hydrogen-bond acceptors (Lipinski definition) is 3. The van der Waals surface area contributed by atoms with Crippen LogP contribution in [0.3, 0.4) is 0 Å². The third-order valence-corrected chi connectivity index (χ3v) is 2.60. The predicted octanol–water partition coefficient (Wildman–Crippen LogP) is 2.79. The van der Waals surface area contributed by atoms with Gasteiger partial charge in [-0.05, 0) is 18.9 Å². The molecule has 2 aromatic rings. The van der Waals surface area contributed by atoms with E-state index in [-0.39, 0.29) is 0 Å². The molecule has 78 valence electrons. The first-order valence-corrected chi connectivity index (χ1v) is 5.03. The Labute approximate surface area is 88.9 Å². The lowest BCUT2D eigenvalue weighted by Crippen LogP contribution is -1.86. The van der Waals surface area contributed by atoms with Gasteiger partial charge in [0.2, 0.25) is 5.88 Å². The van der Waals surface area contributed by atoms with E-state index in [4.69, 9.17) is 10.3 Å². The Hall–Kier alpha value is -1.77. The highest BCUT2D eigenvalue weighted by molar-refractivity contribution is 5.66. The van der Waals surface area contributed by atoms with E-state index >= 15 is 0 Å². The van der Waals surface area contributed by atoms with Crippen LogP contribution in [0.25, 0.3) is 11.3 Å². The summed E-state index contributed by atoms with van der Waals surface area (Å²) in [6.07, 6.45) is 1.04. The Kier molecular flexibility index (Phi) is 2.46. The van der Waals surface area contributed by atoms with Crippen LogP contribution in [0.1, 0.15) is 18.1 Å². The maximum absolute atomic E-state index is 5.60. The number of nitrogens with two attached hydrogens (primary N) is 1. The summed E-state index contributed by atoms with van der Waals surface area (Å²) in [7, 11) is 0. The molecule has 3 nitrogen and oxygen atoms in total. The second-order valence-electron chi connectivity index (χ2n) is 3.57. The van der Waals surface area contributed by atoms with Gasteiger partial charge in [-0.3, -0.25) is 0 Å². The normalized spacial score (nSPS) is 10.5. The van der Waals surface area contributed by atoms with Crippen molar-refractivity contribution in [2.45, 2.75) is 20.3 Å². The van der Waals surface area contributed by atoms with E-state index in [1.54, 1.807) is 0 Å². The van der Waals surface area contributed by atoms with Crippen LogP contribution in [0.15, 0.2) is 28.8 Å². The fourth-order valence-electron chi connectivity index (χ4n) is 1.52. The van der Waals surface area contributed by atoms with Gasteiger partial charge in [-0.15, -0.1) is 0 Å². The van der Waals surface area contributed by atoms with E-state index in [9.17, 15) is 0 Å². The van der Waals surface area contributed by atoms with E-state index in [0.29, 0.717) is 5.88 Å². The van der Waals surface area contributed by atoms with Gasteiger partial charge < -0.3 is 10.3 Å². The summed E-state index contributed by atoms with van der Waals surface area (Å²) in [4.78, 5) is 0. The highest BCUT2D eigenvalue weighted by Gasteiger charge is 2.10. The molecule has 0 aliphatic heterocycles. The summed E-state index contributed by atoms with van der Waals surface area (Å²) in [5.74, 6) is 0.393.